The lowest BCUT2D eigenvalue weighted by Gasteiger charge is -2.10. The van der Waals surface area contributed by atoms with Crippen LogP contribution in [0, 0.1) is 20.8 Å². The van der Waals surface area contributed by atoms with E-state index in [2.05, 4.69) is 0 Å². The van der Waals surface area contributed by atoms with Crippen LogP contribution in [0.4, 0.5) is 0 Å². The van der Waals surface area contributed by atoms with Crippen molar-refractivity contribution in [3.8, 4) is 5.75 Å². The van der Waals surface area contributed by atoms with Gasteiger partial charge in [-0.05, 0) is 55.0 Å². The minimum Gasteiger partial charge on any atom is -0.496 e. The van der Waals surface area contributed by atoms with Crippen LogP contribution in [-0.4, -0.2) is 12.9 Å². The monoisotopic (exact) mass is 260 g/mol. The Morgan fingerprint density at radius 1 is 1.00 bits per heavy atom. The van der Waals surface area contributed by atoms with Crippen molar-refractivity contribution in [2.75, 3.05) is 7.11 Å². The maximum atomic E-state index is 12.5. The van der Waals surface area contributed by atoms with Crippen molar-refractivity contribution in [1.29, 1.82) is 0 Å². The largest absolute Gasteiger partial charge is 0.496 e. The van der Waals surface area contributed by atoms with Crippen LogP contribution >= 0.6 is 11.3 Å². The highest BCUT2D eigenvalue weighted by atomic mass is 32.1. The molecule has 94 valence electrons. The predicted molar refractivity (Wildman–Crippen MR) is 75.0 cm³/mol. The highest BCUT2D eigenvalue weighted by Crippen LogP contribution is 2.26. The first kappa shape index (κ1) is 12.8. The van der Waals surface area contributed by atoms with Gasteiger partial charge >= 0.3 is 0 Å². The first-order valence-electron chi connectivity index (χ1n) is 5.77. The fourth-order valence-corrected chi connectivity index (χ4v) is 2.82. The van der Waals surface area contributed by atoms with Gasteiger partial charge in [-0.2, -0.15) is 11.3 Å². The highest BCUT2D eigenvalue weighted by Gasteiger charge is 2.16. The van der Waals surface area contributed by atoms with Gasteiger partial charge < -0.3 is 4.74 Å². The molecule has 0 aliphatic rings. The zero-order valence-corrected chi connectivity index (χ0v) is 11.9. The standard InChI is InChI=1S/C15H16O2S/c1-9-6-14(17-4)10(2)5-12(9)15(16)13-8-18-7-11(13)3/h5-8H,1-4H3. The summed E-state index contributed by atoms with van der Waals surface area (Å²) < 4.78 is 5.27. The number of carbonyl (C=O) groups excluding carboxylic acids is 1. The van der Waals surface area contributed by atoms with E-state index in [1.165, 1.54) is 0 Å². The van der Waals surface area contributed by atoms with Gasteiger partial charge in [-0.25, -0.2) is 0 Å². The van der Waals surface area contributed by atoms with Crippen LogP contribution in [0.1, 0.15) is 32.6 Å². The number of benzene rings is 1. The van der Waals surface area contributed by atoms with Gasteiger partial charge in [0.2, 0.25) is 0 Å². The van der Waals surface area contributed by atoms with Gasteiger partial charge in [-0.3, -0.25) is 4.79 Å². The molecule has 0 radical (unpaired) electrons. The summed E-state index contributed by atoms with van der Waals surface area (Å²) in [6.07, 6.45) is 0. The number of rotatable bonds is 3. The molecule has 0 amide bonds. The SMILES string of the molecule is COc1cc(C)c(C(=O)c2cscc2C)cc1C. The van der Waals surface area contributed by atoms with Crippen molar-refractivity contribution in [3.05, 3.63) is 50.7 Å². The summed E-state index contributed by atoms with van der Waals surface area (Å²) in [7, 11) is 1.65. The second kappa shape index (κ2) is 4.94. The van der Waals surface area contributed by atoms with Crippen molar-refractivity contribution in [2.24, 2.45) is 0 Å². The molecule has 0 N–H and O–H groups in total. The Morgan fingerprint density at radius 3 is 2.28 bits per heavy atom. The lowest BCUT2D eigenvalue weighted by Crippen LogP contribution is -2.05. The van der Waals surface area contributed by atoms with Gasteiger partial charge in [0.05, 0.1) is 7.11 Å². The lowest BCUT2D eigenvalue weighted by molar-refractivity contribution is 0.103. The molecule has 1 aromatic carbocycles. The van der Waals surface area contributed by atoms with Crippen LogP contribution in [0.15, 0.2) is 22.9 Å². The van der Waals surface area contributed by atoms with Gasteiger partial charge in [-0.15, -0.1) is 0 Å². The van der Waals surface area contributed by atoms with Crippen LogP contribution < -0.4 is 4.74 Å². The number of aryl methyl sites for hydroxylation is 3. The average Bonchev–Trinajstić information content (AvgIpc) is 2.77. The second-order valence-corrected chi connectivity index (χ2v) is 5.18. The number of thiophene rings is 1. The Bertz CT molecular complexity index is 597. The molecule has 2 nitrogen and oxygen atoms in total. The number of methoxy groups -OCH3 is 1. The van der Waals surface area contributed by atoms with E-state index in [-0.39, 0.29) is 5.78 Å². The fourth-order valence-electron chi connectivity index (χ4n) is 1.99. The van der Waals surface area contributed by atoms with Gasteiger partial charge in [-0.1, -0.05) is 0 Å². The summed E-state index contributed by atoms with van der Waals surface area (Å²) in [5.41, 5.74) is 4.53. The van der Waals surface area contributed by atoms with Crippen LogP contribution in [0.25, 0.3) is 0 Å². The van der Waals surface area contributed by atoms with Gasteiger partial charge in [0.15, 0.2) is 5.78 Å². The third-order valence-corrected chi connectivity index (χ3v) is 3.95. The van der Waals surface area contributed by atoms with Gasteiger partial charge in [0.25, 0.3) is 0 Å². The average molecular weight is 260 g/mol. The molecule has 0 atom stereocenters. The maximum absolute atomic E-state index is 12.5. The molecule has 2 aromatic rings. The maximum Gasteiger partial charge on any atom is 0.194 e. The molecule has 18 heavy (non-hydrogen) atoms. The smallest absolute Gasteiger partial charge is 0.194 e. The third-order valence-electron chi connectivity index (χ3n) is 3.09. The molecule has 3 heteroatoms. The molecule has 0 saturated carbocycles. The molecule has 2 rings (SSSR count). The fraction of sp³-hybridized carbons (Fsp3) is 0.267. The minimum absolute atomic E-state index is 0.0944. The molecular formula is C15H16O2S. The number of carbonyl (C=O) groups is 1. The summed E-state index contributed by atoms with van der Waals surface area (Å²) in [4.78, 5) is 12.5. The van der Waals surface area contributed by atoms with E-state index in [4.69, 9.17) is 4.74 Å². The van der Waals surface area contributed by atoms with Crippen LogP contribution in [0.2, 0.25) is 0 Å². The van der Waals surface area contributed by atoms with Crippen LogP contribution in [0.3, 0.4) is 0 Å². The predicted octanol–water partition coefficient (Wildman–Crippen LogP) is 3.91. The molecule has 0 aliphatic heterocycles. The Morgan fingerprint density at radius 2 is 1.72 bits per heavy atom. The van der Waals surface area contributed by atoms with Gasteiger partial charge in [0, 0.05) is 16.5 Å². The van der Waals surface area contributed by atoms with Crippen LogP contribution in [-0.2, 0) is 0 Å². The molecule has 0 saturated heterocycles. The van der Waals surface area contributed by atoms with E-state index in [1.54, 1.807) is 18.4 Å². The van der Waals surface area contributed by atoms with E-state index in [0.29, 0.717) is 0 Å². The molecular weight excluding hydrogens is 244 g/mol. The molecule has 0 fully saturated rings. The van der Waals surface area contributed by atoms with Crippen molar-refractivity contribution in [1.82, 2.24) is 0 Å². The quantitative estimate of drug-likeness (QED) is 0.782. The van der Waals surface area contributed by atoms with E-state index in [9.17, 15) is 4.79 Å². The summed E-state index contributed by atoms with van der Waals surface area (Å²) in [5.74, 6) is 0.920. The number of ether oxygens (including phenoxy) is 1. The molecule has 0 unspecified atom stereocenters. The zero-order valence-electron chi connectivity index (χ0n) is 11.0. The first-order chi connectivity index (χ1) is 8.54. The molecule has 0 aliphatic carbocycles. The number of hydrogen-bond donors (Lipinski definition) is 0. The van der Waals surface area contributed by atoms with Gasteiger partial charge in [0.1, 0.15) is 5.75 Å². The zero-order chi connectivity index (χ0) is 13.3. The summed E-state index contributed by atoms with van der Waals surface area (Å²) >= 11 is 1.56. The molecule has 1 heterocycles. The lowest BCUT2D eigenvalue weighted by atomic mass is 9.96. The normalized spacial score (nSPS) is 10.4. The third kappa shape index (κ3) is 2.18. The summed E-state index contributed by atoms with van der Waals surface area (Å²) in [5, 5.41) is 3.91. The van der Waals surface area contributed by atoms with Crippen molar-refractivity contribution >= 4 is 17.1 Å². The van der Waals surface area contributed by atoms with Crippen molar-refractivity contribution in [2.45, 2.75) is 20.8 Å². The van der Waals surface area contributed by atoms with E-state index < -0.39 is 0 Å². The van der Waals surface area contributed by atoms with Crippen molar-refractivity contribution in [3.63, 3.8) is 0 Å². The molecule has 0 bridgehead atoms. The van der Waals surface area contributed by atoms with E-state index >= 15 is 0 Å². The topological polar surface area (TPSA) is 26.3 Å². The first-order valence-corrected chi connectivity index (χ1v) is 6.71. The Labute approximate surface area is 111 Å². The van der Waals surface area contributed by atoms with E-state index in [0.717, 1.165) is 33.6 Å². The Hall–Kier alpha value is -1.61. The Balaban J connectivity index is 2.49. The number of hydrogen-bond acceptors (Lipinski definition) is 3. The summed E-state index contributed by atoms with van der Waals surface area (Å²) in [6.45, 7) is 5.86. The minimum atomic E-state index is 0.0944. The van der Waals surface area contributed by atoms with Crippen molar-refractivity contribution < 1.29 is 9.53 Å². The molecule has 1 aromatic heterocycles. The van der Waals surface area contributed by atoms with E-state index in [1.807, 2.05) is 43.7 Å². The Kier molecular flexibility index (Phi) is 3.53. The number of ketones is 1. The molecule has 0 spiro atoms. The second-order valence-electron chi connectivity index (χ2n) is 4.43. The highest BCUT2D eigenvalue weighted by molar-refractivity contribution is 7.08. The van der Waals surface area contributed by atoms with Crippen LogP contribution in [0.5, 0.6) is 5.75 Å². The summed E-state index contributed by atoms with van der Waals surface area (Å²) in [6, 6.07) is 3.83.